The highest BCUT2D eigenvalue weighted by Gasteiger charge is 2.14. The minimum atomic E-state index is -1.58. The van der Waals surface area contributed by atoms with Gasteiger partial charge in [0.2, 0.25) is 11.6 Å². The largest absolute Gasteiger partial charge is 0.481 e. The first kappa shape index (κ1) is 75.5. The van der Waals surface area contributed by atoms with E-state index in [0.29, 0.717) is 13.0 Å². The number of aliphatic imine (C=N–C) groups is 1. The Kier molecular flexibility index (Phi) is 69.8. The molecule has 0 aromatic carbocycles. The molecule has 0 aliphatic carbocycles. The first-order chi connectivity index (χ1) is 29.4. The second kappa shape index (κ2) is 59.2. The minimum Gasteiger partial charge on any atom is -0.481 e. The van der Waals surface area contributed by atoms with Crippen molar-refractivity contribution in [1.29, 1.82) is 0 Å². The number of aldehydes is 1. The summed E-state index contributed by atoms with van der Waals surface area (Å²) in [6, 6.07) is -2.12. The molecule has 28 nitrogen and oxygen atoms in total. The Labute approximate surface area is 369 Å². The predicted octanol–water partition coefficient (Wildman–Crippen LogP) is -3.15. The molecule has 0 spiro atoms. The minimum absolute atomic E-state index is 0. The highest BCUT2D eigenvalue weighted by Crippen LogP contribution is 1.95. The third-order valence-electron chi connectivity index (χ3n) is 6.17. The molecule has 0 saturated carbocycles. The van der Waals surface area contributed by atoms with Gasteiger partial charge in [0.15, 0.2) is 0 Å². The van der Waals surface area contributed by atoms with Gasteiger partial charge in [-0.15, -0.1) is 0 Å². The van der Waals surface area contributed by atoms with E-state index in [1.54, 1.807) is 0 Å². The number of ketones is 2. The number of nitrogens with zero attached hydrogens (tertiary/aromatic N) is 1. The Bertz CT molecular complexity index is 1210. The molecule has 1 aliphatic heterocycles. The number of unbranched alkanes of at least 4 members (excludes halogenated alkanes) is 3. The number of carboxylic acids is 8. The molecular weight excluding hydrogens is 864 g/mol. The van der Waals surface area contributed by atoms with Crippen molar-refractivity contribution in [2.45, 2.75) is 115 Å². The van der Waals surface area contributed by atoms with Crippen LogP contribution in [0.25, 0.3) is 0 Å². The van der Waals surface area contributed by atoms with Crippen LogP contribution >= 0.6 is 0 Å². The van der Waals surface area contributed by atoms with Crippen LogP contribution in [0.4, 0.5) is 0 Å². The Morgan fingerprint density at radius 3 is 0.938 bits per heavy atom. The summed E-state index contributed by atoms with van der Waals surface area (Å²) in [4.78, 5) is 113. The molecule has 0 aromatic heterocycles. The van der Waals surface area contributed by atoms with Crippen LogP contribution in [0.5, 0.6) is 0 Å². The predicted molar refractivity (Wildman–Crippen MR) is 229 cm³/mol. The van der Waals surface area contributed by atoms with Crippen molar-refractivity contribution in [2.75, 3.05) is 39.3 Å². The highest BCUT2D eigenvalue weighted by molar-refractivity contribution is 6.33. The molecule has 0 saturated heterocycles. The van der Waals surface area contributed by atoms with E-state index in [0.717, 1.165) is 71.1 Å². The van der Waals surface area contributed by atoms with Crippen LogP contribution in [-0.4, -0.2) is 170 Å². The third kappa shape index (κ3) is 87.6. The maximum atomic E-state index is 10.2. The summed E-state index contributed by atoms with van der Waals surface area (Å²) < 4.78 is 0. The normalized spacial score (nSPS) is 10.7. The summed E-state index contributed by atoms with van der Waals surface area (Å²) in [5.41, 5.74) is 35.7. The lowest BCUT2D eigenvalue weighted by Gasteiger charge is -2.01. The van der Waals surface area contributed by atoms with Gasteiger partial charge in [0.05, 0.1) is 12.8 Å². The fourth-order valence-electron chi connectivity index (χ4n) is 2.69. The van der Waals surface area contributed by atoms with Gasteiger partial charge in [-0.05, 0) is 96.7 Å². The molecule has 0 bridgehead atoms. The molecule has 28 heteroatoms. The molecule has 0 unspecified atom stereocenters. The topological polar surface area (TPSA) is 576 Å². The lowest BCUT2D eigenvalue weighted by Crippen LogP contribution is -2.30. The Morgan fingerprint density at radius 1 is 0.500 bits per heavy atom. The van der Waals surface area contributed by atoms with E-state index in [-0.39, 0.29) is 31.2 Å². The van der Waals surface area contributed by atoms with Crippen LogP contribution in [0.1, 0.15) is 103 Å². The number of hydrogen-bond donors (Lipinski definition) is 15. The summed E-state index contributed by atoms with van der Waals surface area (Å²) in [5.74, 6) is -12.0. The molecule has 376 valence electrons. The maximum Gasteiger partial charge on any atom is 0.372 e. The number of Topliss-reactive ketones (excluding diaryl/α,β-unsaturated/α-hetero) is 2. The van der Waals surface area contributed by atoms with E-state index in [4.69, 9.17) is 81.0 Å². The van der Waals surface area contributed by atoms with Crippen LogP contribution in [0.2, 0.25) is 0 Å². The van der Waals surface area contributed by atoms with Crippen molar-refractivity contribution in [3.05, 3.63) is 0 Å². The Balaban J connectivity index is -0.0000000943. The summed E-state index contributed by atoms with van der Waals surface area (Å²) in [7, 11) is 0. The second-order valence-electron chi connectivity index (χ2n) is 11.9. The van der Waals surface area contributed by atoms with E-state index in [1.165, 1.54) is 12.8 Å². The molecule has 2 atom stereocenters. The van der Waals surface area contributed by atoms with Crippen LogP contribution in [-0.2, 0) is 52.7 Å². The SMILES string of the molecule is C1=NCCC1.NCCCC=O.NCCCCN.NCCCCN.N[C@@H](CCC(=O)O)C(=O)O.N[C@@H](CCC(=O)O)C(=O)O.O.O=C(O)CCC(=O)C(=O)O.O=C(O)CCC(=O)C(=O)O. The van der Waals surface area contributed by atoms with E-state index < -0.39 is 97.1 Å². The van der Waals surface area contributed by atoms with E-state index >= 15 is 0 Å². The summed E-state index contributed by atoms with van der Waals surface area (Å²) >= 11 is 0. The number of carbonyl (C=O) groups excluding carboxylic acids is 3. The van der Waals surface area contributed by atoms with Gasteiger partial charge in [0, 0.05) is 38.6 Å². The van der Waals surface area contributed by atoms with Crippen molar-refractivity contribution < 1.29 is 99.1 Å². The van der Waals surface area contributed by atoms with Crippen molar-refractivity contribution >= 4 is 71.8 Å². The van der Waals surface area contributed by atoms with Crippen molar-refractivity contribution in [3.63, 3.8) is 0 Å². The van der Waals surface area contributed by atoms with Gasteiger partial charge >= 0.3 is 47.8 Å². The van der Waals surface area contributed by atoms with Gasteiger partial charge in [-0.2, -0.15) is 0 Å². The van der Waals surface area contributed by atoms with Crippen molar-refractivity contribution in [1.82, 2.24) is 0 Å². The van der Waals surface area contributed by atoms with Crippen LogP contribution in [0.15, 0.2) is 4.99 Å². The number of hydrogen-bond acceptors (Lipinski definition) is 19. The number of aliphatic carboxylic acids is 8. The number of carbonyl (C=O) groups is 11. The van der Waals surface area contributed by atoms with E-state index in [2.05, 4.69) is 4.99 Å². The van der Waals surface area contributed by atoms with Crippen molar-refractivity contribution in [2.24, 2.45) is 45.1 Å². The van der Waals surface area contributed by atoms with Crippen LogP contribution in [0, 0.1) is 0 Å². The molecule has 1 rings (SSSR count). The molecule has 0 amide bonds. The summed E-state index contributed by atoms with van der Waals surface area (Å²) in [5, 5.41) is 64.4. The smallest absolute Gasteiger partial charge is 0.372 e. The first-order valence-electron chi connectivity index (χ1n) is 19.2. The van der Waals surface area contributed by atoms with Crippen LogP contribution < -0.4 is 40.1 Å². The van der Waals surface area contributed by atoms with Gasteiger partial charge in [0.1, 0.15) is 18.4 Å². The zero-order valence-electron chi connectivity index (χ0n) is 35.9. The quantitative estimate of drug-likeness (QED) is 0.0244. The highest BCUT2D eigenvalue weighted by atomic mass is 16.4. The third-order valence-corrected chi connectivity index (χ3v) is 6.17. The number of nitrogens with two attached hydrogens (primary N) is 7. The average molecular weight is 937 g/mol. The van der Waals surface area contributed by atoms with Gasteiger partial charge in [-0.3, -0.25) is 43.3 Å². The van der Waals surface area contributed by atoms with Gasteiger partial charge in [0.25, 0.3) is 0 Å². The van der Waals surface area contributed by atoms with E-state index in [1.807, 2.05) is 6.21 Å². The fraction of sp³-hybridized carbons (Fsp3) is 0.667. The second-order valence-corrected chi connectivity index (χ2v) is 11.9. The average Bonchev–Trinajstić information content (AvgIpc) is 3.82. The molecule has 1 heterocycles. The van der Waals surface area contributed by atoms with Gasteiger partial charge in [-0.25, -0.2) is 9.59 Å². The summed E-state index contributed by atoms with van der Waals surface area (Å²) in [6.07, 6.45) is 8.87. The molecule has 0 fully saturated rings. The number of rotatable bonds is 25. The summed E-state index contributed by atoms with van der Waals surface area (Å²) in [6.45, 7) is 4.79. The molecule has 0 radical (unpaired) electrons. The zero-order chi connectivity index (χ0) is 50.6. The lowest BCUT2D eigenvalue weighted by molar-refractivity contribution is -0.150. The maximum absolute atomic E-state index is 10.2. The lowest BCUT2D eigenvalue weighted by atomic mass is 10.2. The van der Waals surface area contributed by atoms with Crippen LogP contribution in [0.3, 0.4) is 0 Å². The number of carboxylic acid groups (broad SMARTS) is 8. The Morgan fingerprint density at radius 2 is 0.797 bits per heavy atom. The molecule has 24 N–H and O–H groups in total. The molecule has 1 aliphatic rings. The monoisotopic (exact) mass is 936 g/mol. The van der Waals surface area contributed by atoms with Crippen molar-refractivity contribution in [3.8, 4) is 0 Å². The fourth-order valence-corrected chi connectivity index (χ4v) is 2.69. The van der Waals surface area contributed by atoms with Gasteiger partial charge in [-0.1, -0.05) is 0 Å². The first-order valence-corrected chi connectivity index (χ1v) is 19.2. The van der Waals surface area contributed by atoms with E-state index in [9.17, 15) is 52.7 Å². The standard InChI is InChI=1S/2C5H9NO4.2C5H6O5.2C4H12N2.C4H9NO.C4H7N.H2O/c4*6-3(5(9)10)1-2-4(7)8;3*5-3-1-2-4-6;1-2-4-5-3-1;/h2*3H,1-2,6H2,(H,7,8)(H,9,10);2*1-2H2,(H,7,8)(H,9,10);2*1-6H2;4H,1-3,5H2;3H,1-2,4H2;1H2/t2*3-;;;;;;;/m00......./s1. The zero-order valence-corrected chi connectivity index (χ0v) is 35.9. The molecule has 64 heavy (non-hydrogen) atoms. The molecule has 0 aromatic rings. The Hall–Kier alpha value is -5.88. The molecular formula is C36H72N8O20. The van der Waals surface area contributed by atoms with Gasteiger partial charge < -0.3 is 91.3 Å².